The summed E-state index contributed by atoms with van der Waals surface area (Å²) in [6.07, 6.45) is 0.834. The fraction of sp³-hybridized carbons (Fsp3) is 0.938. The Hall–Kier alpha value is -0.530. The third kappa shape index (κ3) is 4.99. The highest BCUT2D eigenvalue weighted by atomic mass is 16.5. The molecule has 0 aliphatic carbocycles. The number of carbonyl (C=O) groups excluding carboxylic acids is 1. The summed E-state index contributed by atoms with van der Waals surface area (Å²) in [4.78, 5) is 12.5. The maximum absolute atomic E-state index is 12.5. The molecule has 0 amide bonds. The summed E-state index contributed by atoms with van der Waals surface area (Å²) in [5.41, 5.74) is -0.437. The predicted octanol–water partition coefficient (Wildman–Crippen LogP) is 4.67. The molecule has 18 heavy (non-hydrogen) atoms. The SMILES string of the molecule is CC(C)COC(=O)C(C)(CC(C)(C)C)C(C)(C)C. The quantitative estimate of drug-likeness (QED) is 0.683. The van der Waals surface area contributed by atoms with Crippen molar-refractivity contribution < 1.29 is 9.53 Å². The highest BCUT2D eigenvalue weighted by molar-refractivity contribution is 5.77. The van der Waals surface area contributed by atoms with Crippen LogP contribution in [0.2, 0.25) is 0 Å². The van der Waals surface area contributed by atoms with Gasteiger partial charge in [0.1, 0.15) is 0 Å². The number of hydrogen-bond donors (Lipinski definition) is 0. The molecule has 1 unspecified atom stereocenters. The Labute approximate surface area is 113 Å². The van der Waals surface area contributed by atoms with Crippen LogP contribution in [0.15, 0.2) is 0 Å². The van der Waals surface area contributed by atoms with Crippen molar-refractivity contribution in [2.75, 3.05) is 6.61 Å². The van der Waals surface area contributed by atoms with E-state index in [2.05, 4.69) is 55.4 Å². The van der Waals surface area contributed by atoms with Gasteiger partial charge in [-0.15, -0.1) is 0 Å². The first-order valence-corrected chi connectivity index (χ1v) is 6.97. The van der Waals surface area contributed by atoms with Gasteiger partial charge in [0.25, 0.3) is 0 Å². The molecular weight excluding hydrogens is 224 g/mol. The maximum atomic E-state index is 12.5. The molecule has 0 aliphatic heterocycles. The first-order valence-electron chi connectivity index (χ1n) is 6.97. The smallest absolute Gasteiger partial charge is 0.312 e. The van der Waals surface area contributed by atoms with Crippen LogP contribution in [0.4, 0.5) is 0 Å². The summed E-state index contributed by atoms with van der Waals surface area (Å²) in [7, 11) is 0. The van der Waals surface area contributed by atoms with E-state index in [1.807, 2.05) is 6.92 Å². The predicted molar refractivity (Wildman–Crippen MR) is 77.4 cm³/mol. The Morgan fingerprint density at radius 3 is 1.72 bits per heavy atom. The van der Waals surface area contributed by atoms with Crippen LogP contribution in [-0.2, 0) is 9.53 Å². The lowest BCUT2D eigenvalue weighted by Gasteiger charge is -2.43. The third-order valence-electron chi connectivity index (χ3n) is 3.54. The van der Waals surface area contributed by atoms with Crippen molar-refractivity contribution in [3.63, 3.8) is 0 Å². The van der Waals surface area contributed by atoms with Crippen LogP contribution in [0.25, 0.3) is 0 Å². The standard InChI is InChI=1S/C16H32O2/c1-12(2)10-18-13(17)16(9,15(6,7)8)11-14(3,4)5/h12H,10-11H2,1-9H3. The first-order chi connectivity index (χ1) is 7.79. The number of rotatable bonds is 4. The minimum atomic E-state index is -0.444. The van der Waals surface area contributed by atoms with E-state index in [9.17, 15) is 4.79 Å². The average Bonchev–Trinajstić information content (AvgIpc) is 2.09. The zero-order valence-electron chi connectivity index (χ0n) is 13.8. The van der Waals surface area contributed by atoms with Crippen molar-refractivity contribution in [2.45, 2.75) is 68.7 Å². The molecule has 2 heteroatoms. The van der Waals surface area contributed by atoms with E-state index >= 15 is 0 Å². The molecule has 0 radical (unpaired) electrons. The van der Waals surface area contributed by atoms with Gasteiger partial charge >= 0.3 is 5.97 Å². The molecule has 0 bridgehead atoms. The van der Waals surface area contributed by atoms with Crippen LogP contribution in [0, 0.1) is 22.2 Å². The zero-order valence-corrected chi connectivity index (χ0v) is 13.8. The molecule has 108 valence electrons. The van der Waals surface area contributed by atoms with Crippen LogP contribution in [0.1, 0.15) is 68.7 Å². The van der Waals surface area contributed by atoms with E-state index in [0.717, 1.165) is 6.42 Å². The highest BCUT2D eigenvalue weighted by Crippen LogP contribution is 2.47. The lowest BCUT2D eigenvalue weighted by molar-refractivity contribution is -0.165. The molecule has 1 atom stereocenters. The van der Waals surface area contributed by atoms with Crippen molar-refractivity contribution in [1.82, 2.24) is 0 Å². The zero-order chi connectivity index (χ0) is 14.8. The lowest BCUT2D eigenvalue weighted by Crippen LogP contribution is -2.44. The molecule has 0 saturated heterocycles. The first kappa shape index (κ1) is 17.5. The Morgan fingerprint density at radius 2 is 1.44 bits per heavy atom. The van der Waals surface area contributed by atoms with Crippen LogP contribution in [0.3, 0.4) is 0 Å². The van der Waals surface area contributed by atoms with E-state index in [1.54, 1.807) is 0 Å². The largest absolute Gasteiger partial charge is 0.465 e. The van der Waals surface area contributed by atoms with Gasteiger partial charge in [-0.2, -0.15) is 0 Å². The third-order valence-corrected chi connectivity index (χ3v) is 3.54. The van der Waals surface area contributed by atoms with Gasteiger partial charge in [-0.05, 0) is 30.1 Å². The highest BCUT2D eigenvalue weighted by Gasteiger charge is 2.47. The molecular formula is C16H32O2. The van der Waals surface area contributed by atoms with Crippen molar-refractivity contribution in [3.8, 4) is 0 Å². The van der Waals surface area contributed by atoms with Crippen LogP contribution in [0.5, 0.6) is 0 Å². The minimum absolute atomic E-state index is 0.0568. The van der Waals surface area contributed by atoms with Crippen molar-refractivity contribution in [1.29, 1.82) is 0 Å². The fourth-order valence-corrected chi connectivity index (χ4v) is 2.11. The molecule has 0 rings (SSSR count). The Morgan fingerprint density at radius 1 is 1.00 bits per heavy atom. The molecule has 2 nitrogen and oxygen atoms in total. The van der Waals surface area contributed by atoms with Crippen LogP contribution in [-0.4, -0.2) is 12.6 Å². The monoisotopic (exact) mass is 256 g/mol. The second-order valence-electron chi connectivity index (χ2n) is 8.31. The second kappa shape index (κ2) is 5.63. The van der Waals surface area contributed by atoms with Crippen molar-refractivity contribution in [3.05, 3.63) is 0 Å². The summed E-state index contributed by atoms with van der Waals surface area (Å²) in [5, 5.41) is 0. The summed E-state index contributed by atoms with van der Waals surface area (Å²) < 4.78 is 5.50. The summed E-state index contributed by atoms with van der Waals surface area (Å²) in [5.74, 6) is 0.325. The summed E-state index contributed by atoms with van der Waals surface area (Å²) in [6.45, 7) is 19.6. The van der Waals surface area contributed by atoms with Crippen LogP contribution >= 0.6 is 0 Å². The Bertz CT molecular complexity index is 278. The van der Waals surface area contributed by atoms with Gasteiger partial charge in [0.2, 0.25) is 0 Å². The van der Waals surface area contributed by atoms with E-state index in [4.69, 9.17) is 4.74 Å². The van der Waals surface area contributed by atoms with Crippen molar-refractivity contribution >= 4 is 5.97 Å². The molecule has 0 aromatic rings. The van der Waals surface area contributed by atoms with E-state index in [-0.39, 0.29) is 16.8 Å². The van der Waals surface area contributed by atoms with Crippen molar-refractivity contribution in [2.24, 2.45) is 22.2 Å². The normalized spacial score (nSPS) is 16.6. The van der Waals surface area contributed by atoms with E-state index in [1.165, 1.54) is 0 Å². The minimum Gasteiger partial charge on any atom is -0.465 e. The number of esters is 1. The van der Waals surface area contributed by atoms with Gasteiger partial charge in [-0.1, -0.05) is 55.4 Å². The van der Waals surface area contributed by atoms with Gasteiger partial charge < -0.3 is 4.74 Å². The fourth-order valence-electron chi connectivity index (χ4n) is 2.11. The molecule has 0 fully saturated rings. The van der Waals surface area contributed by atoms with Gasteiger partial charge in [-0.3, -0.25) is 4.79 Å². The van der Waals surface area contributed by atoms with E-state index in [0.29, 0.717) is 12.5 Å². The molecule has 0 saturated carbocycles. The lowest BCUT2D eigenvalue weighted by atomic mass is 9.61. The molecule has 0 heterocycles. The number of ether oxygens (including phenoxy) is 1. The molecule has 0 aromatic heterocycles. The molecule has 0 aromatic carbocycles. The Kier molecular flexibility index (Phi) is 5.46. The molecule has 0 spiro atoms. The topological polar surface area (TPSA) is 26.3 Å². The average molecular weight is 256 g/mol. The molecule has 0 N–H and O–H groups in total. The van der Waals surface area contributed by atoms with E-state index < -0.39 is 5.41 Å². The van der Waals surface area contributed by atoms with Gasteiger partial charge in [0.05, 0.1) is 12.0 Å². The summed E-state index contributed by atoms with van der Waals surface area (Å²) >= 11 is 0. The molecule has 0 aliphatic rings. The Balaban J connectivity index is 5.06. The van der Waals surface area contributed by atoms with Gasteiger partial charge in [-0.25, -0.2) is 0 Å². The number of carbonyl (C=O) groups is 1. The van der Waals surface area contributed by atoms with Gasteiger partial charge in [0.15, 0.2) is 0 Å². The summed E-state index contributed by atoms with van der Waals surface area (Å²) in [6, 6.07) is 0. The maximum Gasteiger partial charge on any atom is 0.312 e. The second-order valence-corrected chi connectivity index (χ2v) is 8.31. The van der Waals surface area contributed by atoms with Gasteiger partial charge in [0, 0.05) is 0 Å². The number of hydrogen-bond acceptors (Lipinski definition) is 2. The van der Waals surface area contributed by atoms with Crippen LogP contribution < -0.4 is 0 Å².